The van der Waals surface area contributed by atoms with Gasteiger partial charge < -0.3 is 0 Å². The van der Waals surface area contributed by atoms with E-state index in [-0.39, 0.29) is 0 Å². The summed E-state index contributed by atoms with van der Waals surface area (Å²) in [4.78, 5) is 4.58. The Morgan fingerprint density at radius 3 is 2.41 bits per heavy atom. The Bertz CT molecular complexity index is 790. The average molecular weight is 219 g/mol. The van der Waals surface area contributed by atoms with Crippen molar-refractivity contribution in [1.82, 2.24) is 0 Å². The fourth-order valence-corrected chi connectivity index (χ4v) is 2.62. The van der Waals surface area contributed by atoms with Crippen LogP contribution in [0.4, 0.5) is 0 Å². The van der Waals surface area contributed by atoms with Gasteiger partial charge in [0.05, 0.1) is 5.39 Å². The zero-order valence-electron chi connectivity index (χ0n) is 9.30. The van der Waals surface area contributed by atoms with Gasteiger partial charge in [0, 0.05) is 10.8 Å². The highest BCUT2D eigenvalue weighted by Gasteiger charge is 2.14. The molecule has 17 heavy (non-hydrogen) atoms. The normalized spacial score (nSPS) is 13.4. The van der Waals surface area contributed by atoms with Gasteiger partial charge in [0.1, 0.15) is 11.7 Å². The molecular weight excluding hydrogens is 208 g/mol. The molecule has 1 aromatic heterocycles. The highest BCUT2D eigenvalue weighted by molar-refractivity contribution is 6.03. The van der Waals surface area contributed by atoms with Gasteiger partial charge in [-0.25, -0.2) is 0 Å². The molecular formula is C15H11N2+. The van der Waals surface area contributed by atoms with E-state index in [4.69, 9.17) is 0 Å². The van der Waals surface area contributed by atoms with E-state index < -0.39 is 0 Å². The second-order valence-corrected chi connectivity index (χ2v) is 4.28. The minimum absolute atomic E-state index is 0.776. The van der Waals surface area contributed by atoms with Crippen LogP contribution in [0.5, 0.6) is 0 Å². The summed E-state index contributed by atoms with van der Waals surface area (Å²) >= 11 is 0. The number of fused-ring (bicyclic) bond motifs is 6. The summed E-state index contributed by atoms with van der Waals surface area (Å²) in [5.74, 6) is 0. The zero-order chi connectivity index (χ0) is 11.2. The summed E-state index contributed by atoms with van der Waals surface area (Å²) in [5.41, 5.74) is 2.32. The Morgan fingerprint density at radius 2 is 1.53 bits per heavy atom. The SMILES string of the molecule is C1=[n+]2c(c3ccccc3c3ccccc32)=NC1. The van der Waals surface area contributed by atoms with Crippen molar-refractivity contribution < 1.29 is 4.24 Å². The molecule has 0 amide bonds. The first-order chi connectivity index (χ1) is 8.45. The van der Waals surface area contributed by atoms with Crippen molar-refractivity contribution in [3.63, 3.8) is 0 Å². The Hall–Kier alpha value is -2.22. The van der Waals surface area contributed by atoms with Gasteiger partial charge in [-0.05, 0) is 12.1 Å². The van der Waals surface area contributed by atoms with Crippen LogP contribution in [0.2, 0.25) is 0 Å². The lowest BCUT2D eigenvalue weighted by Crippen LogP contribution is -2.35. The lowest BCUT2D eigenvalue weighted by Gasteiger charge is -2.00. The van der Waals surface area contributed by atoms with Gasteiger partial charge in [-0.1, -0.05) is 41.4 Å². The van der Waals surface area contributed by atoms with Crippen LogP contribution < -0.4 is 9.73 Å². The van der Waals surface area contributed by atoms with E-state index in [1.165, 1.54) is 21.7 Å². The number of hydrogen-bond acceptors (Lipinski definition) is 1. The molecule has 0 saturated heterocycles. The summed E-state index contributed by atoms with van der Waals surface area (Å²) in [6, 6.07) is 17.0. The number of benzene rings is 2. The van der Waals surface area contributed by atoms with Gasteiger partial charge in [0.15, 0.2) is 6.54 Å². The van der Waals surface area contributed by atoms with Crippen LogP contribution in [0.25, 0.3) is 21.7 Å². The molecule has 2 heterocycles. The molecule has 3 aromatic rings. The van der Waals surface area contributed by atoms with Gasteiger partial charge in [0.25, 0.3) is 0 Å². The Balaban J connectivity index is 2.50. The van der Waals surface area contributed by atoms with Gasteiger partial charge in [0.2, 0.25) is 0 Å². The first-order valence-electron chi connectivity index (χ1n) is 5.81. The van der Waals surface area contributed by atoms with E-state index in [1.807, 2.05) is 0 Å². The number of rotatable bonds is 0. The average Bonchev–Trinajstić information content (AvgIpc) is 2.89. The highest BCUT2D eigenvalue weighted by Crippen LogP contribution is 2.19. The molecule has 0 fully saturated rings. The van der Waals surface area contributed by atoms with E-state index >= 15 is 0 Å². The molecule has 2 nitrogen and oxygen atoms in total. The van der Waals surface area contributed by atoms with Crippen molar-refractivity contribution in [2.24, 2.45) is 4.99 Å². The summed E-state index contributed by atoms with van der Waals surface area (Å²) < 4.78 is 2.21. The maximum absolute atomic E-state index is 4.58. The minimum atomic E-state index is 0.776. The van der Waals surface area contributed by atoms with E-state index in [2.05, 4.69) is 64.0 Å². The van der Waals surface area contributed by atoms with E-state index in [0.717, 1.165) is 12.0 Å². The van der Waals surface area contributed by atoms with Crippen LogP contribution in [-0.2, 0) is 0 Å². The fourth-order valence-electron chi connectivity index (χ4n) is 2.62. The molecule has 0 spiro atoms. The third-order valence-electron chi connectivity index (χ3n) is 3.36. The van der Waals surface area contributed by atoms with Crippen LogP contribution in [0.1, 0.15) is 0 Å². The molecule has 4 rings (SSSR count). The zero-order valence-corrected chi connectivity index (χ0v) is 9.30. The van der Waals surface area contributed by atoms with Gasteiger partial charge in [-0.2, -0.15) is 4.24 Å². The van der Waals surface area contributed by atoms with E-state index in [9.17, 15) is 0 Å². The Kier molecular flexibility index (Phi) is 1.64. The van der Waals surface area contributed by atoms with Crippen LogP contribution in [-0.4, -0.2) is 6.54 Å². The smallest absolute Gasteiger partial charge is 0.195 e. The minimum Gasteiger partial charge on any atom is -0.195 e. The fraction of sp³-hybridized carbons (Fsp3) is 0.0667. The molecule has 1 aliphatic rings. The Labute approximate surface area is 98.2 Å². The highest BCUT2D eigenvalue weighted by atomic mass is 15.0. The van der Waals surface area contributed by atoms with E-state index in [1.54, 1.807) is 0 Å². The molecule has 0 bridgehead atoms. The molecule has 0 N–H and O–H groups in total. The molecule has 2 heteroatoms. The molecule has 0 atom stereocenters. The summed E-state index contributed by atoms with van der Waals surface area (Å²) in [5, 5.41) is 3.81. The molecule has 2 aromatic carbocycles. The molecule has 80 valence electrons. The Morgan fingerprint density at radius 1 is 0.824 bits per heavy atom. The quantitative estimate of drug-likeness (QED) is 0.406. The van der Waals surface area contributed by atoms with Crippen molar-refractivity contribution in [3.05, 3.63) is 60.2 Å². The molecule has 0 unspecified atom stereocenters. The maximum atomic E-state index is 4.58. The summed E-state index contributed by atoms with van der Waals surface area (Å²) in [6.45, 7) is 0.776. The number of nitrogens with zero attached hydrogens (tertiary/aromatic N) is 2. The van der Waals surface area contributed by atoms with Crippen LogP contribution in [0.15, 0.2) is 53.5 Å². The second-order valence-electron chi connectivity index (χ2n) is 4.28. The summed E-state index contributed by atoms with van der Waals surface area (Å²) in [6.07, 6.45) is 2.14. The van der Waals surface area contributed by atoms with Crippen molar-refractivity contribution in [2.75, 3.05) is 6.54 Å². The maximum Gasteiger partial charge on any atom is 0.330 e. The summed E-state index contributed by atoms with van der Waals surface area (Å²) in [7, 11) is 0. The third-order valence-corrected chi connectivity index (χ3v) is 3.36. The van der Waals surface area contributed by atoms with E-state index in [0.29, 0.717) is 0 Å². The van der Waals surface area contributed by atoms with Gasteiger partial charge >= 0.3 is 5.49 Å². The lowest BCUT2D eigenvalue weighted by molar-refractivity contribution is -0.490. The molecule has 1 aliphatic heterocycles. The number of para-hydroxylation sites is 1. The van der Waals surface area contributed by atoms with Gasteiger partial charge in [-0.15, -0.1) is 0 Å². The van der Waals surface area contributed by atoms with Crippen molar-refractivity contribution in [1.29, 1.82) is 0 Å². The molecule has 0 aliphatic carbocycles. The predicted molar refractivity (Wildman–Crippen MR) is 67.4 cm³/mol. The standard InChI is InChI=1S/C15H11N2/c1-2-7-13-11(5-1)12-6-3-4-8-14(12)17-10-9-16-15(13)17/h1-8,10H,9H2/q+1. The predicted octanol–water partition coefficient (Wildman–Crippen LogP) is 1.92. The molecule has 0 saturated carbocycles. The van der Waals surface area contributed by atoms with Crippen molar-refractivity contribution in [2.45, 2.75) is 0 Å². The number of hydrogen-bond donors (Lipinski definition) is 0. The monoisotopic (exact) mass is 219 g/mol. The topological polar surface area (TPSA) is 18.3 Å². The largest absolute Gasteiger partial charge is 0.330 e. The first-order valence-corrected chi connectivity index (χ1v) is 5.81. The van der Waals surface area contributed by atoms with Gasteiger partial charge in [-0.3, -0.25) is 0 Å². The third kappa shape index (κ3) is 1.10. The van der Waals surface area contributed by atoms with Crippen LogP contribution in [0, 0.1) is 6.21 Å². The van der Waals surface area contributed by atoms with Crippen LogP contribution in [0.3, 0.4) is 0 Å². The number of pyridine rings is 1. The van der Waals surface area contributed by atoms with Crippen molar-refractivity contribution >= 4 is 21.7 Å². The first kappa shape index (κ1) is 8.88. The van der Waals surface area contributed by atoms with Crippen LogP contribution >= 0.6 is 0 Å². The number of aromatic nitrogens is 1. The lowest BCUT2D eigenvalue weighted by atomic mass is 10.1. The second kappa shape index (κ2) is 3.14. The molecule has 0 radical (unpaired) electrons. The van der Waals surface area contributed by atoms with Crippen molar-refractivity contribution in [3.8, 4) is 0 Å².